The van der Waals surface area contributed by atoms with E-state index in [9.17, 15) is 13.6 Å². The predicted molar refractivity (Wildman–Crippen MR) is 50.8 cm³/mol. The van der Waals surface area contributed by atoms with Gasteiger partial charge >= 0.3 is 5.97 Å². The second-order valence-electron chi connectivity index (χ2n) is 3.45. The number of carbonyl (C=O) groups is 1. The third-order valence-electron chi connectivity index (χ3n) is 2.52. The summed E-state index contributed by atoms with van der Waals surface area (Å²) in [7, 11) is 0. The molecule has 0 aromatic carbocycles. The molecule has 1 aromatic rings. The highest BCUT2D eigenvalue weighted by Gasteiger charge is 2.78. The molecule has 0 bridgehead atoms. The molecule has 2 rings (SSSR count). The van der Waals surface area contributed by atoms with Crippen molar-refractivity contribution in [1.82, 2.24) is 4.98 Å². The molecule has 1 heterocycles. The molecule has 1 fully saturated rings. The Bertz CT molecular complexity index is 421. The standard InChI is InChI=1S/C9H6BrF2NO2/c10-5-1-2-6(13-3-5)8(7(14)15)4-9(8,11)12/h1-3H,4H2,(H,14,15). The molecule has 0 spiro atoms. The molecule has 6 heteroatoms. The minimum atomic E-state index is -3.19. The van der Waals surface area contributed by atoms with Gasteiger partial charge in [-0.3, -0.25) is 9.78 Å². The van der Waals surface area contributed by atoms with Gasteiger partial charge in [-0.1, -0.05) is 0 Å². The molecule has 1 unspecified atom stereocenters. The maximum Gasteiger partial charge on any atom is 0.322 e. The van der Waals surface area contributed by atoms with Crippen LogP contribution < -0.4 is 0 Å². The molecule has 0 radical (unpaired) electrons. The molecule has 1 N–H and O–H groups in total. The largest absolute Gasteiger partial charge is 0.480 e. The number of aromatic nitrogens is 1. The molecule has 1 saturated carbocycles. The van der Waals surface area contributed by atoms with Gasteiger partial charge in [-0.25, -0.2) is 8.78 Å². The normalized spacial score (nSPS) is 27.4. The van der Waals surface area contributed by atoms with Crippen molar-refractivity contribution in [3.8, 4) is 0 Å². The molecule has 3 nitrogen and oxygen atoms in total. The van der Waals surface area contributed by atoms with Gasteiger partial charge in [0.2, 0.25) is 0 Å². The first-order valence-corrected chi connectivity index (χ1v) is 4.93. The third-order valence-corrected chi connectivity index (χ3v) is 2.99. The molecule has 80 valence electrons. The van der Waals surface area contributed by atoms with Crippen molar-refractivity contribution in [3.05, 3.63) is 28.5 Å². The molecule has 15 heavy (non-hydrogen) atoms. The van der Waals surface area contributed by atoms with E-state index in [0.717, 1.165) is 0 Å². The summed E-state index contributed by atoms with van der Waals surface area (Å²) in [5.74, 6) is -4.72. The molecule has 1 atom stereocenters. The van der Waals surface area contributed by atoms with Crippen LogP contribution in [0.2, 0.25) is 0 Å². The lowest BCUT2D eigenvalue weighted by molar-refractivity contribution is -0.143. The van der Waals surface area contributed by atoms with Gasteiger partial charge < -0.3 is 5.11 Å². The average Bonchev–Trinajstić information content (AvgIpc) is 2.72. The van der Waals surface area contributed by atoms with Crippen LogP contribution in [0.25, 0.3) is 0 Å². The maximum absolute atomic E-state index is 13.1. The Morgan fingerprint density at radius 3 is 2.47 bits per heavy atom. The van der Waals surface area contributed by atoms with Crippen LogP contribution >= 0.6 is 15.9 Å². The number of carboxylic acid groups (broad SMARTS) is 1. The predicted octanol–water partition coefficient (Wildman–Crippen LogP) is 2.21. The summed E-state index contributed by atoms with van der Waals surface area (Å²) < 4.78 is 26.7. The highest BCUT2D eigenvalue weighted by molar-refractivity contribution is 9.10. The quantitative estimate of drug-likeness (QED) is 0.902. The van der Waals surface area contributed by atoms with Crippen LogP contribution in [-0.4, -0.2) is 22.0 Å². The summed E-state index contributed by atoms with van der Waals surface area (Å²) in [6.07, 6.45) is 0.637. The topological polar surface area (TPSA) is 50.2 Å². The van der Waals surface area contributed by atoms with Gasteiger partial charge in [-0.05, 0) is 28.1 Å². The van der Waals surface area contributed by atoms with Crippen LogP contribution in [0.1, 0.15) is 12.1 Å². The number of hydrogen-bond acceptors (Lipinski definition) is 2. The van der Waals surface area contributed by atoms with E-state index in [1.54, 1.807) is 0 Å². The molecule has 1 aromatic heterocycles. The average molecular weight is 278 g/mol. The summed E-state index contributed by atoms with van der Waals surface area (Å²) in [6, 6.07) is 2.81. The van der Waals surface area contributed by atoms with E-state index in [1.807, 2.05) is 0 Å². The van der Waals surface area contributed by atoms with Gasteiger partial charge in [0.1, 0.15) is 0 Å². The van der Waals surface area contributed by atoms with Crippen molar-refractivity contribution in [3.63, 3.8) is 0 Å². The zero-order valence-corrected chi connectivity index (χ0v) is 8.96. The highest BCUT2D eigenvalue weighted by atomic mass is 79.9. The van der Waals surface area contributed by atoms with E-state index >= 15 is 0 Å². The fourth-order valence-electron chi connectivity index (χ4n) is 1.54. The highest BCUT2D eigenvalue weighted by Crippen LogP contribution is 2.61. The van der Waals surface area contributed by atoms with Gasteiger partial charge in [0.15, 0.2) is 5.41 Å². The summed E-state index contributed by atoms with van der Waals surface area (Å²) in [5.41, 5.74) is -2.21. The van der Waals surface area contributed by atoms with E-state index in [4.69, 9.17) is 5.11 Å². The molecular formula is C9H6BrF2NO2. The molecule has 1 aliphatic rings. The zero-order valence-electron chi connectivity index (χ0n) is 7.38. The van der Waals surface area contributed by atoms with Crippen molar-refractivity contribution >= 4 is 21.9 Å². The van der Waals surface area contributed by atoms with Crippen LogP contribution in [0, 0.1) is 0 Å². The fraction of sp³-hybridized carbons (Fsp3) is 0.333. The third kappa shape index (κ3) is 1.35. The van der Waals surface area contributed by atoms with Crippen molar-refractivity contribution in [2.45, 2.75) is 17.8 Å². The number of carboxylic acids is 1. The Morgan fingerprint density at radius 2 is 2.13 bits per heavy atom. The number of nitrogens with zero attached hydrogens (tertiary/aromatic N) is 1. The first kappa shape index (κ1) is 10.5. The Balaban J connectivity index is 2.45. The van der Waals surface area contributed by atoms with Crippen LogP contribution in [0.3, 0.4) is 0 Å². The van der Waals surface area contributed by atoms with Crippen molar-refractivity contribution in [2.75, 3.05) is 0 Å². The Labute approximate surface area is 92.3 Å². The van der Waals surface area contributed by atoms with Gasteiger partial charge in [-0.15, -0.1) is 0 Å². The molecule has 0 aliphatic heterocycles. The summed E-state index contributed by atoms with van der Waals surface area (Å²) in [4.78, 5) is 14.6. The Hall–Kier alpha value is -1.04. The number of hydrogen-bond donors (Lipinski definition) is 1. The molecule has 1 aliphatic carbocycles. The summed E-state index contributed by atoms with van der Waals surface area (Å²) in [6.45, 7) is 0. The smallest absolute Gasteiger partial charge is 0.322 e. The first-order chi connectivity index (χ1) is 6.90. The molecule has 0 amide bonds. The minimum Gasteiger partial charge on any atom is -0.480 e. The van der Waals surface area contributed by atoms with Gasteiger partial charge in [-0.2, -0.15) is 0 Å². The van der Waals surface area contributed by atoms with Crippen molar-refractivity contribution < 1.29 is 18.7 Å². The number of alkyl halides is 2. The second-order valence-corrected chi connectivity index (χ2v) is 4.37. The van der Waals surface area contributed by atoms with Crippen LogP contribution in [0.4, 0.5) is 8.78 Å². The summed E-state index contributed by atoms with van der Waals surface area (Å²) >= 11 is 3.10. The number of rotatable bonds is 2. The maximum atomic E-state index is 13.1. The van der Waals surface area contributed by atoms with E-state index in [1.165, 1.54) is 18.3 Å². The molecule has 0 saturated heterocycles. The fourth-order valence-corrected chi connectivity index (χ4v) is 1.77. The lowest BCUT2D eigenvalue weighted by Crippen LogP contribution is -2.28. The minimum absolute atomic E-state index is 0.0943. The monoisotopic (exact) mass is 277 g/mol. The van der Waals surface area contributed by atoms with E-state index in [2.05, 4.69) is 20.9 Å². The zero-order chi connectivity index (χ0) is 11.3. The summed E-state index contributed by atoms with van der Waals surface area (Å²) in [5, 5.41) is 8.83. The van der Waals surface area contributed by atoms with Gasteiger partial charge in [0.25, 0.3) is 5.92 Å². The van der Waals surface area contributed by atoms with E-state index in [0.29, 0.717) is 4.47 Å². The Morgan fingerprint density at radius 1 is 1.53 bits per heavy atom. The van der Waals surface area contributed by atoms with Gasteiger partial charge in [0.05, 0.1) is 5.69 Å². The Kier molecular flexibility index (Phi) is 2.08. The molecular weight excluding hydrogens is 272 g/mol. The van der Waals surface area contributed by atoms with E-state index < -0.39 is 23.7 Å². The SMILES string of the molecule is O=C(O)C1(c2ccc(Br)cn2)CC1(F)F. The number of halogens is 3. The van der Waals surface area contributed by atoms with Crippen LogP contribution in [0.15, 0.2) is 22.8 Å². The number of pyridine rings is 1. The first-order valence-electron chi connectivity index (χ1n) is 4.13. The van der Waals surface area contributed by atoms with Crippen molar-refractivity contribution in [2.24, 2.45) is 0 Å². The van der Waals surface area contributed by atoms with Gasteiger partial charge in [0, 0.05) is 17.1 Å². The van der Waals surface area contributed by atoms with Crippen LogP contribution in [0.5, 0.6) is 0 Å². The van der Waals surface area contributed by atoms with Crippen molar-refractivity contribution in [1.29, 1.82) is 0 Å². The number of aliphatic carboxylic acids is 1. The lowest BCUT2D eigenvalue weighted by Gasteiger charge is -2.10. The van der Waals surface area contributed by atoms with E-state index in [-0.39, 0.29) is 5.69 Å². The second kappa shape index (κ2) is 2.98. The lowest BCUT2D eigenvalue weighted by atomic mass is 10.0. The van der Waals surface area contributed by atoms with Crippen LogP contribution in [-0.2, 0) is 10.2 Å².